The minimum Gasteiger partial charge on any atom is -0.365 e. The molecule has 2 aliphatic rings. The van der Waals surface area contributed by atoms with Gasteiger partial charge in [0.05, 0.1) is 0 Å². The maximum absolute atomic E-state index is 12.4. The number of alkyl halides is 3. The molecule has 1 aliphatic heterocycles. The van der Waals surface area contributed by atoms with Crippen LogP contribution in [0.2, 0.25) is 0 Å². The van der Waals surface area contributed by atoms with E-state index >= 15 is 0 Å². The largest absolute Gasteiger partial charge is 0.435 e. The molecular formula is C13H17F3N4. The SMILES string of the molecule is CC1CC(Nc2ccc(C(F)(F)F)nn2)CN1C1CC1. The fourth-order valence-corrected chi connectivity index (χ4v) is 2.85. The maximum atomic E-state index is 12.4. The Kier molecular flexibility index (Phi) is 3.32. The summed E-state index contributed by atoms with van der Waals surface area (Å²) in [7, 11) is 0. The molecule has 2 heterocycles. The van der Waals surface area contributed by atoms with Crippen LogP contribution in [0.1, 0.15) is 31.9 Å². The van der Waals surface area contributed by atoms with E-state index in [1.807, 2.05) is 0 Å². The van der Waals surface area contributed by atoms with Crippen LogP contribution in [0.3, 0.4) is 0 Å². The summed E-state index contributed by atoms with van der Waals surface area (Å²) in [6.45, 7) is 3.12. The first kappa shape index (κ1) is 13.6. The predicted octanol–water partition coefficient (Wildman–Crippen LogP) is 2.53. The number of hydrogen-bond acceptors (Lipinski definition) is 4. The number of halogens is 3. The molecule has 2 atom stereocenters. The van der Waals surface area contributed by atoms with Gasteiger partial charge in [0.1, 0.15) is 5.82 Å². The van der Waals surface area contributed by atoms with E-state index < -0.39 is 11.9 Å². The van der Waals surface area contributed by atoms with Crippen LogP contribution in [-0.2, 0) is 6.18 Å². The lowest BCUT2D eigenvalue weighted by Gasteiger charge is -2.19. The second-order valence-corrected chi connectivity index (χ2v) is 5.66. The van der Waals surface area contributed by atoms with Gasteiger partial charge < -0.3 is 5.32 Å². The number of hydrogen-bond donors (Lipinski definition) is 1. The molecule has 20 heavy (non-hydrogen) atoms. The van der Waals surface area contributed by atoms with Crippen LogP contribution >= 0.6 is 0 Å². The molecule has 3 rings (SSSR count). The van der Waals surface area contributed by atoms with E-state index in [0.29, 0.717) is 17.9 Å². The molecule has 0 amide bonds. The Morgan fingerprint density at radius 3 is 2.55 bits per heavy atom. The van der Waals surface area contributed by atoms with Gasteiger partial charge in [-0.25, -0.2) is 0 Å². The van der Waals surface area contributed by atoms with Gasteiger partial charge in [0.15, 0.2) is 5.69 Å². The van der Waals surface area contributed by atoms with Gasteiger partial charge >= 0.3 is 6.18 Å². The van der Waals surface area contributed by atoms with Crippen LogP contribution in [0.15, 0.2) is 12.1 Å². The fourth-order valence-electron chi connectivity index (χ4n) is 2.85. The Morgan fingerprint density at radius 1 is 1.25 bits per heavy atom. The van der Waals surface area contributed by atoms with Crippen LogP contribution in [0.4, 0.5) is 19.0 Å². The normalized spacial score (nSPS) is 27.8. The molecule has 2 unspecified atom stereocenters. The van der Waals surface area contributed by atoms with Gasteiger partial charge in [-0.05, 0) is 38.3 Å². The fraction of sp³-hybridized carbons (Fsp3) is 0.692. The molecule has 0 radical (unpaired) electrons. The molecule has 0 spiro atoms. The molecule has 1 aromatic heterocycles. The number of nitrogens with one attached hydrogen (secondary N) is 1. The maximum Gasteiger partial charge on any atom is 0.435 e. The van der Waals surface area contributed by atoms with Crippen molar-refractivity contribution in [2.24, 2.45) is 0 Å². The highest BCUT2D eigenvalue weighted by molar-refractivity contribution is 5.35. The summed E-state index contributed by atoms with van der Waals surface area (Å²) in [6.07, 6.45) is -0.927. The van der Waals surface area contributed by atoms with Crippen molar-refractivity contribution in [3.63, 3.8) is 0 Å². The lowest BCUT2D eigenvalue weighted by atomic mass is 10.2. The molecule has 0 aromatic carbocycles. The second-order valence-electron chi connectivity index (χ2n) is 5.66. The van der Waals surface area contributed by atoms with Gasteiger partial charge in [-0.15, -0.1) is 10.2 Å². The van der Waals surface area contributed by atoms with Gasteiger partial charge in [0.2, 0.25) is 0 Å². The van der Waals surface area contributed by atoms with Crippen LogP contribution in [0, 0.1) is 0 Å². The Labute approximate surface area is 115 Å². The van der Waals surface area contributed by atoms with E-state index in [4.69, 9.17) is 0 Å². The third kappa shape index (κ3) is 2.87. The summed E-state index contributed by atoms with van der Waals surface area (Å²) in [5, 5.41) is 10.0. The van der Waals surface area contributed by atoms with Crippen LogP contribution in [0.25, 0.3) is 0 Å². The van der Waals surface area contributed by atoms with Crippen LogP contribution in [0.5, 0.6) is 0 Å². The van der Waals surface area contributed by atoms with Crippen molar-refractivity contribution in [2.45, 2.75) is 50.5 Å². The summed E-state index contributed by atoms with van der Waals surface area (Å²) >= 11 is 0. The molecule has 1 aromatic rings. The minimum absolute atomic E-state index is 0.233. The number of nitrogens with zero attached hydrogens (tertiary/aromatic N) is 3. The first-order chi connectivity index (χ1) is 9.43. The van der Waals surface area contributed by atoms with Crippen molar-refractivity contribution in [2.75, 3.05) is 11.9 Å². The molecule has 1 saturated heterocycles. The van der Waals surface area contributed by atoms with Crippen molar-refractivity contribution in [3.8, 4) is 0 Å². The molecule has 1 N–H and O–H groups in total. The smallest absolute Gasteiger partial charge is 0.365 e. The van der Waals surface area contributed by atoms with Gasteiger partial charge in [-0.3, -0.25) is 4.90 Å². The number of anilines is 1. The van der Waals surface area contributed by atoms with Gasteiger partial charge in [-0.2, -0.15) is 13.2 Å². The summed E-state index contributed by atoms with van der Waals surface area (Å²) in [4.78, 5) is 2.47. The second kappa shape index (κ2) is 4.87. The van der Waals surface area contributed by atoms with Crippen LogP contribution < -0.4 is 5.32 Å². The average molecular weight is 286 g/mol. The summed E-state index contributed by atoms with van der Waals surface area (Å²) in [6, 6.07) is 3.77. The number of rotatable bonds is 3. The first-order valence-electron chi connectivity index (χ1n) is 6.86. The van der Waals surface area contributed by atoms with E-state index in [1.165, 1.54) is 18.9 Å². The lowest BCUT2D eigenvalue weighted by Crippen LogP contribution is -2.31. The molecule has 2 fully saturated rings. The first-order valence-corrected chi connectivity index (χ1v) is 6.86. The standard InChI is InChI=1S/C13H17F3N4/c1-8-6-9(7-20(8)10-2-3-10)17-12-5-4-11(18-19-12)13(14,15)16/h4-5,8-10H,2-3,6-7H2,1H3,(H,17,19). The van der Waals surface area contributed by atoms with Crippen molar-refractivity contribution < 1.29 is 13.2 Å². The van der Waals surface area contributed by atoms with E-state index in [1.54, 1.807) is 0 Å². The number of aromatic nitrogens is 2. The summed E-state index contributed by atoms with van der Waals surface area (Å²) in [5.41, 5.74) is -0.956. The molecule has 7 heteroatoms. The van der Waals surface area contributed by atoms with Crippen molar-refractivity contribution in [1.29, 1.82) is 0 Å². The minimum atomic E-state index is -4.43. The lowest BCUT2D eigenvalue weighted by molar-refractivity contribution is -0.141. The van der Waals surface area contributed by atoms with E-state index in [2.05, 4.69) is 27.3 Å². The molecule has 4 nitrogen and oxygen atoms in total. The predicted molar refractivity (Wildman–Crippen MR) is 68.3 cm³/mol. The monoisotopic (exact) mass is 286 g/mol. The van der Waals surface area contributed by atoms with Crippen molar-refractivity contribution >= 4 is 5.82 Å². The van der Waals surface area contributed by atoms with E-state index in [-0.39, 0.29) is 6.04 Å². The van der Waals surface area contributed by atoms with E-state index in [9.17, 15) is 13.2 Å². The highest BCUT2D eigenvalue weighted by Crippen LogP contribution is 2.34. The average Bonchev–Trinajstić information content (AvgIpc) is 3.14. The quantitative estimate of drug-likeness (QED) is 0.927. The van der Waals surface area contributed by atoms with Gasteiger partial charge in [0, 0.05) is 24.7 Å². The van der Waals surface area contributed by atoms with Gasteiger partial charge in [-0.1, -0.05) is 0 Å². The summed E-state index contributed by atoms with van der Waals surface area (Å²) in [5.74, 6) is 0.410. The zero-order chi connectivity index (χ0) is 14.3. The summed E-state index contributed by atoms with van der Waals surface area (Å²) < 4.78 is 37.2. The van der Waals surface area contributed by atoms with Crippen LogP contribution in [-0.4, -0.2) is 39.8 Å². The molecular weight excluding hydrogens is 269 g/mol. The Morgan fingerprint density at radius 2 is 2.00 bits per heavy atom. The Balaban J connectivity index is 1.61. The molecule has 1 saturated carbocycles. The zero-order valence-electron chi connectivity index (χ0n) is 11.2. The van der Waals surface area contributed by atoms with Crippen molar-refractivity contribution in [1.82, 2.24) is 15.1 Å². The molecule has 110 valence electrons. The third-order valence-electron chi connectivity index (χ3n) is 3.95. The highest BCUT2D eigenvalue weighted by atomic mass is 19.4. The Bertz CT molecular complexity index is 469. The van der Waals surface area contributed by atoms with Gasteiger partial charge in [0.25, 0.3) is 0 Å². The van der Waals surface area contributed by atoms with E-state index in [0.717, 1.165) is 19.0 Å². The van der Waals surface area contributed by atoms with Crippen molar-refractivity contribution in [3.05, 3.63) is 17.8 Å². The number of likely N-dealkylation sites (tertiary alicyclic amines) is 1. The highest BCUT2D eigenvalue weighted by Gasteiger charge is 2.39. The molecule has 0 bridgehead atoms. The zero-order valence-corrected chi connectivity index (χ0v) is 11.2. The topological polar surface area (TPSA) is 41.1 Å². The Hall–Kier alpha value is -1.37. The molecule has 1 aliphatic carbocycles. The third-order valence-corrected chi connectivity index (χ3v) is 3.95.